The van der Waals surface area contributed by atoms with E-state index in [-0.39, 0.29) is 0 Å². The monoisotopic (exact) mass is 226 g/mol. The van der Waals surface area contributed by atoms with Gasteiger partial charge in [-0.05, 0) is 6.92 Å². The Morgan fingerprint density at radius 3 is 3.07 bits per heavy atom. The zero-order valence-corrected chi connectivity index (χ0v) is 9.54. The molecule has 1 atom stereocenters. The molecule has 82 valence electrons. The molecule has 0 amide bonds. The molecule has 1 aromatic rings. The van der Waals surface area contributed by atoms with Gasteiger partial charge in [-0.3, -0.25) is 9.88 Å². The summed E-state index contributed by atoms with van der Waals surface area (Å²) in [6.45, 7) is 6.08. The Labute approximate surface area is 94.7 Å². The van der Waals surface area contributed by atoms with Crippen LogP contribution in [0.4, 0.5) is 0 Å². The summed E-state index contributed by atoms with van der Waals surface area (Å²) in [7, 11) is 0. The molecule has 0 bridgehead atoms. The molecule has 15 heavy (non-hydrogen) atoms. The van der Waals surface area contributed by atoms with Crippen molar-refractivity contribution in [3.05, 3.63) is 23.2 Å². The molecule has 1 fully saturated rings. The normalized spacial score (nSPS) is 22.9. The van der Waals surface area contributed by atoms with Crippen LogP contribution in [-0.2, 0) is 6.54 Å². The number of rotatable bonds is 2. The molecule has 1 unspecified atom stereocenters. The van der Waals surface area contributed by atoms with Gasteiger partial charge in [-0.2, -0.15) is 0 Å². The highest BCUT2D eigenvalue weighted by molar-refractivity contribution is 6.29. The van der Waals surface area contributed by atoms with Crippen LogP contribution in [0.3, 0.4) is 0 Å². The maximum atomic E-state index is 5.98. The Bertz CT molecular complexity index is 331. The summed E-state index contributed by atoms with van der Waals surface area (Å²) in [5, 5.41) is 3.87. The largest absolute Gasteiger partial charge is 0.314 e. The van der Waals surface area contributed by atoms with Gasteiger partial charge in [0.2, 0.25) is 0 Å². The third kappa shape index (κ3) is 2.65. The van der Waals surface area contributed by atoms with Gasteiger partial charge in [-0.25, -0.2) is 4.98 Å². The van der Waals surface area contributed by atoms with Gasteiger partial charge in [0.15, 0.2) is 5.15 Å². The molecular weight excluding hydrogens is 212 g/mol. The predicted octanol–water partition coefficient (Wildman–Crippen LogP) is 0.924. The summed E-state index contributed by atoms with van der Waals surface area (Å²) in [6, 6.07) is 0.525. The zero-order chi connectivity index (χ0) is 10.7. The summed E-state index contributed by atoms with van der Waals surface area (Å²) in [4.78, 5) is 10.6. The summed E-state index contributed by atoms with van der Waals surface area (Å²) in [6.07, 6.45) is 3.31. The minimum absolute atomic E-state index is 0.517. The second-order valence-electron chi connectivity index (χ2n) is 3.82. The lowest BCUT2D eigenvalue weighted by Crippen LogP contribution is -2.49. The van der Waals surface area contributed by atoms with Crippen molar-refractivity contribution >= 4 is 11.6 Å². The Morgan fingerprint density at radius 1 is 1.53 bits per heavy atom. The molecule has 1 aliphatic heterocycles. The number of halogens is 1. The number of nitrogens with one attached hydrogen (secondary N) is 1. The second-order valence-corrected chi connectivity index (χ2v) is 4.18. The number of piperazine rings is 1. The van der Waals surface area contributed by atoms with E-state index in [1.54, 1.807) is 12.4 Å². The van der Waals surface area contributed by atoms with E-state index in [0.29, 0.717) is 11.2 Å². The minimum atomic E-state index is 0.517. The van der Waals surface area contributed by atoms with Crippen LogP contribution >= 0.6 is 11.6 Å². The fourth-order valence-corrected chi connectivity index (χ4v) is 1.93. The molecule has 1 aliphatic rings. The van der Waals surface area contributed by atoms with Crippen LogP contribution in [-0.4, -0.2) is 40.5 Å². The average Bonchev–Trinajstić information content (AvgIpc) is 2.24. The van der Waals surface area contributed by atoms with Gasteiger partial charge >= 0.3 is 0 Å². The van der Waals surface area contributed by atoms with Crippen molar-refractivity contribution in [2.24, 2.45) is 0 Å². The molecule has 1 saturated heterocycles. The van der Waals surface area contributed by atoms with Crippen molar-refractivity contribution in [3.63, 3.8) is 0 Å². The Balaban J connectivity index is 2.04. The molecule has 2 heterocycles. The van der Waals surface area contributed by atoms with E-state index in [9.17, 15) is 0 Å². The summed E-state index contributed by atoms with van der Waals surface area (Å²) in [5.41, 5.74) is 0.868. The lowest BCUT2D eigenvalue weighted by Gasteiger charge is -2.33. The third-order valence-electron chi connectivity index (χ3n) is 2.71. The Hall–Kier alpha value is -0.710. The highest BCUT2D eigenvalue weighted by Gasteiger charge is 2.19. The minimum Gasteiger partial charge on any atom is -0.314 e. The van der Waals surface area contributed by atoms with Gasteiger partial charge in [0, 0.05) is 44.6 Å². The van der Waals surface area contributed by atoms with Crippen molar-refractivity contribution in [2.45, 2.75) is 19.5 Å². The first-order valence-electron chi connectivity index (χ1n) is 5.17. The lowest BCUT2D eigenvalue weighted by molar-refractivity contribution is 0.163. The predicted molar refractivity (Wildman–Crippen MR) is 59.8 cm³/mol. The highest BCUT2D eigenvalue weighted by atomic mass is 35.5. The molecule has 5 heteroatoms. The first-order chi connectivity index (χ1) is 7.27. The number of hydrogen-bond donors (Lipinski definition) is 1. The van der Waals surface area contributed by atoms with E-state index >= 15 is 0 Å². The van der Waals surface area contributed by atoms with E-state index in [0.717, 1.165) is 31.9 Å². The average molecular weight is 227 g/mol. The van der Waals surface area contributed by atoms with Crippen molar-refractivity contribution < 1.29 is 0 Å². The number of hydrogen-bond acceptors (Lipinski definition) is 4. The van der Waals surface area contributed by atoms with Crippen molar-refractivity contribution in [3.8, 4) is 0 Å². The quantitative estimate of drug-likeness (QED) is 0.815. The third-order valence-corrected chi connectivity index (χ3v) is 3.03. The van der Waals surface area contributed by atoms with Crippen LogP contribution in [0.1, 0.15) is 12.6 Å². The molecule has 1 N–H and O–H groups in total. The van der Waals surface area contributed by atoms with Crippen molar-refractivity contribution in [1.82, 2.24) is 20.2 Å². The van der Waals surface area contributed by atoms with Crippen LogP contribution in [0.5, 0.6) is 0 Å². The summed E-state index contributed by atoms with van der Waals surface area (Å²) < 4.78 is 0. The first kappa shape index (κ1) is 10.8. The van der Waals surface area contributed by atoms with Crippen molar-refractivity contribution in [1.29, 1.82) is 0 Å². The zero-order valence-electron chi connectivity index (χ0n) is 8.78. The van der Waals surface area contributed by atoms with E-state index in [4.69, 9.17) is 11.6 Å². The smallest absolute Gasteiger partial charge is 0.151 e. The maximum absolute atomic E-state index is 5.98. The van der Waals surface area contributed by atoms with E-state index in [2.05, 4.69) is 27.1 Å². The van der Waals surface area contributed by atoms with Gasteiger partial charge in [-0.15, -0.1) is 0 Å². The maximum Gasteiger partial charge on any atom is 0.151 e. The molecule has 1 aromatic heterocycles. The van der Waals surface area contributed by atoms with E-state index < -0.39 is 0 Å². The van der Waals surface area contributed by atoms with Crippen LogP contribution in [0, 0.1) is 0 Å². The topological polar surface area (TPSA) is 41.0 Å². The fourth-order valence-electron chi connectivity index (χ4n) is 1.77. The highest BCUT2D eigenvalue weighted by Crippen LogP contribution is 2.13. The molecule has 2 rings (SSSR count). The first-order valence-corrected chi connectivity index (χ1v) is 5.55. The van der Waals surface area contributed by atoms with Gasteiger partial charge in [0.25, 0.3) is 0 Å². The van der Waals surface area contributed by atoms with Crippen LogP contribution < -0.4 is 5.32 Å². The van der Waals surface area contributed by atoms with E-state index in [1.807, 2.05) is 0 Å². The molecule has 4 nitrogen and oxygen atoms in total. The molecule has 0 spiro atoms. The lowest BCUT2D eigenvalue weighted by atomic mass is 10.2. The van der Waals surface area contributed by atoms with E-state index in [1.165, 1.54) is 0 Å². The molecule has 0 radical (unpaired) electrons. The summed E-state index contributed by atoms with van der Waals surface area (Å²) >= 11 is 5.98. The number of nitrogens with zero attached hydrogens (tertiary/aromatic N) is 3. The van der Waals surface area contributed by atoms with Crippen molar-refractivity contribution in [2.75, 3.05) is 19.6 Å². The van der Waals surface area contributed by atoms with Crippen LogP contribution in [0.25, 0.3) is 0 Å². The van der Waals surface area contributed by atoms with Crippen LogP contribution in [0.2, 0.25) is 5.15 Å². The second kappa shape index (κ2) is 4.88. The molecule has 0 saturated carbocycles. The van der Waals surface area contributed by atoms with Gasteiger partial charge in [0.05, 0.1) is 5.69 Å². The Morgan fingerprint density at radius 2 is 2.33 bits per heavy atom. The van der Waals surface area contributed by atoms with Crippen LogP contribution in [0.15, 0.2) is 12.4 Å². The number of aromatic nitrogens is 2. The molecule has 0 aromatic carbocycles. The van der Waals surface area contributed by atoms with Gasteiger partial charge in [-0.1, -0.05) is 11.6 Å². The summed E-state index contributed by atoms with van der Waals surface area (Å²) in [5.74, 6) is 0. The standard InChI is InChI=1S/C10H15ClN4/c1-8-6-12-4-5-15(8)7-9-10(11)14-3-2-13-9/h2-3,8,12H,4-7H2,1H3. The van der Waals surface area contributed by atoms with Gasteiger partial charge < -0.3 is 5.32 Å². The Kier molecular flexibility index (Phi) is 3.51. The SMILES string of the molecule is CC1CNCCN1Cc1nccnc1Cl. The molecule has 0 aliphatic carbocycles. The molecular formula is C10H15ClN4. The fraction of sp³-hybridized carbons (Fsp3) is 0.600. The van der Waals surface area contributed by atoms with Gasteiger partial charge in [0.1, 0.15) is 0 Å².